The number of halogens is 1. The third kappa shape index (κ3) is 2.66. The molecule has 0 spiro atoms. The summed E-state index contributed by atoms with van der Waals surface area (Å²) in [6.45, 7) is 3.48. The number of nitrogens with zero attached hydrogens (tertiary/aromatic N) is 2. The second kappa shape index (κ2) is 5.21. The highest BCUT2D eigenvalue weighted by atomic mass is 19.1. The minimum atomic E-state index is -0.345. The van der Waals surface area contributed by atoms with Crippen LogP contribution in [0.5, 0.6) is 0 Å². The van der Waals surface area contributed by atoms with E-state index < -0.39 is 0 Å². The van der Waals surface area contributed by atoms with E-state index in [-0.39, 0.29) is 5.82 Å². The fourth-order valence-corrected chi connectivity index (χ4v) is 1.95. The summed E-state index contributed by atoms with van der Waals surface area (Å²) < 4.78 is 13.5. The molecule has 0 amide bonds. The first-order chi connectivity index (χ1) is 7.77. The van der Waals surface area contributed by atoms with Crippen molar-refractivity contribution in [1.82, 2.24) is 15.3 Å². The molecule has 0 bridgehead atoms. The van der Waals surface area contributed by atoms with Crippen molar-refractivity contribution in [1.29, 1.82) is 0 Å². The van der Waals surface area contributed by atoms with Gasteiger partial charge >= 0.3 is 0 Å². The summed E-state index contributed by atoms with van der Waals surface area (Å²) in [7, 11) is 0. The van der Waals surface area contributed by atoms with Crippen molar-refractivity contribution in [3.8, 4) is 0 Å². The van der Waals surface area contributed by atoms with Crippen LogP contribution in [0, 0.1) is 12.7 Å². The van der Waals surface area contributed by atoms with Crippen molar-refractivity contribution in [3.05, 3.63) is 17.8 Å². The molecular formula is C11H17FN4. The largest absolute Gasteiger partial charge is 0.367 e. The molecule has 0 aromatic carbocycles. The molecule has 16 heavy (non-hydrogen) atoms. The molecule has 88 valence electrons. The van der Waals surface area contributed by atoms with Gasteiger partial charge in [0.15, 0.2) is 11.6 Å². The molecule has 4 nitrogen and oxygen atoms in total. The number of anilines is 1. The monoisotopic (exact) mass is 224 g/mol. The maximum Gasteiger partial charge on any atom is 0.186 e. The summed E-state index contributed by atoms with van der Waals surface area (Å²) in [5.41, 5.74) is 0.386. The number of rotatable bonds is 4. The molecule has 1 aliphatic heterocycles. The summed E-state index contributed by atoms with van der Waals surface area (Å²) >= 11 is 0. The SMILES string of the molecule is Cc1ncnc(NCC[C@@H]2CCCN2)c1F. The van der Waals surface area contributed by atoms with Gasteiger partial charge in [0.25, 0.3) is 0 Å². The quantitative estimate of drug-likeness (QED) is 0.813. The minimum Gasteiger partial charge on any atom is -0.367 e. The number of hydrogen-bond acceptors (Lipinski definition) is 4. The van der Waals surface area contributed by atoms with E-state index in [9.17, 15) is 4.39 Å². The Morgan fingerprint density at radius 1 is 1.56 bits per heavy atom. The van der Waals surface area contributed by atoms with Gasteiger partial charge in [-0.3, -0.25) is 0 Å². The average Bonchev–Trinajstić information content (AvgIpc) is 2.77. The van der Waals surface area contributed by atoms with Gasteiger partial charge in [-0.25, -0.2) is 14.4 Å². The van der Waals surface area contributed by atoms with Crippen LogP contribution in [-0.2, 0) is 0 Å². The summed E-state index contributed by atoms with van der Waals surface area (Å²) in [6.07, 6.45) is 4.84. The van der Waals surface area contributed by atoms with E-state index in [0.717, 1.165) is 19.5 Å². The molecule has 0 radical (unpaired) electrons. The van der Waals surface area contributed by atoms with Crippen LogP contribution in [0.1, 0.15) is 25.0 Å². The van der Waals surface area contributed by atoms with Gasteiger partial charge in [-0.2, -0.15) is 0 Å². The Balaban J connectivity index is 1.82. The van der Waals surface area contributed by atoms with E-state index >= 15 is 0 Å². The topological polar surface area (TPSA) is 49.8 Å². The van der Waals surface area contributed by atoms with Gasteiger partial charge in [-0.1, -0.05) is 0 Å². The van der Waals surface area contributed by atoms with Crippen LogP contribution < -0.4 is 10.6 Å². The Morgan fingerprint density at radius 2 is 2.44 bits per heavy atom. The van der Waals surface area contributed by atoms with Crippen LogP contribution in [0.4, 0.5) is 10.2 Å². The summed E-state index contributed by atoms with van der Waals surface area (Å²) in [5, 5.41) is 6.42. The molecule has 1 fully saturated rings. The summed E-state index contributed by atoms with van der Waals surface area (Å²) in [4.78, 5) is 7.67. The molecule has 1 saturated heterocycles. The molecular weight excluding hydrogens is 207 g/mol. The third-order valence-electron chi connectivity index (χ3n) is 2.91. The second-order valence-corrected chi connectivity index (χ2v) is 4.13. The summed E-state index contributed by atoms with van der Waals surface area (Å²) in [5.74, 6) is -0.0348. The minimum absolute atomic E-state index is 0.311. The number of nitrogens with one attached hydrogen (secondary N) is 2. The van der Waals surface area contributed by atoms with Gasteiger partial charge in [-0.05, 0) is 32.7 Å². The molecule has 2 N–H and O–H groups in total. The van der Waals surface area contributed by atoms with Crippen molar-refractivity contribution < 1.29 is 4.39 Å². The third-order valence-corrected chi connectivity index (χ3v) is 2.91. The molecule has 1 atom stereocenters. The number of aromatic nitrogens is 2. The smallest absolute Gasteiger partial charge is 0.186 e. The van der Waals surface area contributed by atoms with Crippen molar-refractivity contribution in [2.45, 2.75) is 32.2 Å². The molecule has 0 saturated carbocycles. The molecule has 1 aromatic rings. The molecule has 2 heterocycles. The average molecular weight is 224 g/mol. The Morgan fingerprint density at radius 3 is 3.19 bits per heavy atom. The maximum absolute atomic E-state index is 13.5. The highest BCUT2D eigenvalue weighted by molar-refractivity contribution is 5.36. The first kappa shape index (κ1) is 11.3. The van der Waals surface area contributed by atoms with Gasteiger partial charge < -0.3 is 10.6 Å². The Labute approximate surface area is 94.7 Å². The lowest BCUT2D eigenvalue weighted by atomic mass is 10.1. The molecule has 1 aliphatic rings. The van der Waals surface area contributed by atoms with E-state index in [4.69, 9.17) is 0 Å². The normalized spacial score (nSPS) is 20.0. The molecule has 0 unspecified atom stereocenters. The predicted octanol–water partition coefficient (Wildman–Crippen LogP) is 1.48. The lowest BCUT2D eigenvalue weighted by Crippen LogP contribution is -2.24. The van der Waals surface area contributed by atoms with Gasteiger partial charge in [-0.15, -0.1) is 0 Å². The zero-order chi connectivity index (χ0) is 11.4. The first-order valence-electron chi connectivity index (χ1n) is 5.71. The van der Waals surface area contributed by atoms with Crippen LogP contribution in [0.2, 0.25) is 0 Å². The zero-order valence-electron chi connectivity index (χ0n) is 9.46. The van der Waals surface area contributed by atoms with E-state index in [0.29, 0.717) is 17.6 Å². The van der Waals surface area contributed by atoms with Gasteiger partial charge in [0.2, 0.25) is 0 Å². The van der Waals surface area contributed by atoms with E-state index in [1.807, 2.05) is 0 Å². The Hall–Kier alpha value is -1.23. The van der Waals surface area contributed by atoms with Crippen molar-refractivity contribution in [3.63, 3.8) is 0 Å². The number of aryl methyl sites for hydroxylation is 1. The Kier molecular flexibility index (Phi) is 3.66. The van der Waals surface area contributed by atoms with Gasteiger partial charge in [0, 0.05) is 12.6 Å². The van der Waals surface area contributed by atoms with E-state index in [1.165, 1.54) is 19.2 Å². The molecule has 0 aliphatic carbocycles. The van der Waals surface area contributed by atoms with E-state index in [2.05, 4.69) is 20.6 Å². The highest BCUT2D eigenvalue weighted by Gasteiger charge is 2.13. The van der Waals surface area contributed by atoms with Crippen LogP contribution in [-0.4, -0.2) is 29.1 Å². The van der Waals surface area contributed by atoms with Crippen molar-refractivity contribution in [2.75, 3.05) is 18.4 Å². The van der Waals surface area contributed by atoms with Crippen molar-refractivity contribution >= 4 is 5.82 Å². The fourth-order valence-electron chi connectivity index (χ4n) is 1.95. The van der Waals surface area contributed by atoms with Crippen LogP contribution in [0.25, 0.3) is 0 Å². The molecule has 5 heteroatoms. The van der Waals surface area contributed by atoms with E-state index in [1.54, 1.807) is 6.92 Å². The highest BCUT2D eigenvalue weighted by Crippen LogP contribution is 2.13. The lowest BCUT2D eigenvalue weighted by molar-refractivity contribution is 0.568. The fraction of sp³-hybridized carbons (Fsp3) is 0.636. The Bertz CT molecular complexity index is 350. The van der Waals surface area contributed by atoms with Gasteiger partial charge in [0.1, 0.15) is 6.33 Å². The van der Waals surface area contributed by atoms with Crippen LogP contribution in [0.3, 0.4) is 0 Å². The zero-order valence-corrected chi connectivity index (χ0v) is 9.46. The molecule has 1 aromatic heterocycles. The van der Waals surface area contributed by atoms with Crippen LogP contribution >= 0.6 is 0 Å². The van der Waals surface area contributed by atoms with Crippen molar-refractivity contribution in [2.24, 2.45) is 0 Å². The second-order valence-electron chi connectivity index (χ2n) is 4.13. The van der Waals surface area contributed by atoms with Crippen LogP contribution in [0.15, 0.2) is 6.33 Å². The predicted molar refractivity (Wildman–Crippen MR) is 60.9 cm³/mol. The lowest BCUT2D eigenvalue weighted by Gasteiger charge is -2.11. The number of hydrogen-bond donors (Lipinski definition) is 2. The molecule has 2 rings (SSSR count). The maximum atomic E-state index is 13.5. The van der Waals surface area contributed by atoms with Gasteiger partial charge in [0.05, 0.1) is 5.69 Å². The summed E-state index contributed by atoms with van der Waals surface area (Å²) in [6, 6.07) is 0.568. The standard InChI is InChI=1S/C11H17FN4/c1-8-10(12)11(16-7-15-8)14-6-4-9-3-2-5-13-9/h7,9,13H,2-6H2,1H3,(H,14,15,16)/t9-/m0/s1. The first-order valence-corrected chi connectivity index (χ1v) is 5.71.